The van der Waals surface area contributed by atoms with E-state index in [1.54, 1.807) is 24.5 Å². The summed E-state index contributed by atoms with van der Waals surface area (Å²) in [6.45, 7) is 0. The van der Waals surface area contributed by atoms with Gasteiger partial charge in [-0.3, -0.25) is 10.2 Å². The van der Waals surface area contributed by atoms with E-state index in [-0.39, 0.29) is 5.95 Å². The lowest BCUT2D eigenvalue weighted by Crippen LogP contribution is -2.07. The number of nitrogen functional groups attached to an aromatic ring is 1. The maximum Gasteiger partial charge on any atom is 0.257 e. The molecule has 0 radical (unpaired) electrons. The van der Waals surface area contributed by atoms with Crippen LogP contribution < -0.4 is 11.1 Å². The molecule has 0 aliphatic carbocycles. The molecule has 4 N–H and O–H groups in total. The summed E-state index contributed by atoms with van der Waals surface area (Å²) in [5.41, 5.74) is 13.4. The summed E-state index contributed by atoms with van der Waals surface area (Å²) >= 11 is 0. The van der Waals surface area contributed by atoms with E-state index in [0.717, 1.165) is 33.7 Å². The molecule has 0 saturated carbocycles. The number of aromatic nitrogens is 2. The topological polar surface area (TPSA) is 117 Å². The number of carbonyl (C=O) groups excluding carboxylic acids is 1. The highest BCUT2D eigenvalue weighted by atomic mass is 16.1. The third-order valence-corrected chi connectivity index (χ3v) is 4.24. The van der Waals surface area contributed by atoms with E-state index < -0.39 is 5.91 Å². The third-order valence-electron chi connectivity index (χ3n) is 4.24. The quantitative estimate of drug-likeness (QED) is 0.366. The molecule has 138 valence electrons. The zero-order valence-electron chi connectivity index (χ0n) is 15.1. The summed E-state index contributed by atoms with van der Waals surface area (Å²) in [5.74, 6) is 4.36. The Kier molecular flexibility index (Phi) is 4.69. The molecule has 4 rings (SSSR count). The van der Waals surface area contributed by atoms with E-state index in [9.17, 15) is 4.79 Å². The van der Waals surface area contributed by atoms with Crippen molar-refractivity contribution in [2.75, 3.05) is 11.1 Å². The number of amides is 1. The van der Waals surface area contributed by atoms with E-state index in [0.29, 0.717) is 11.2 Å². The Labute approximate surface area is 165 Å². The van der Waals surface area contributed by atoms with E-state index in [4.69, 9.17) is 11.1 Å². The second kappa shape index (κ2) is 7.61. The van der Waals surface area contributed by atoms with Gasteiger partial charge in [-0.15, -0.1) is 0 Å². The predicted octanol–water partition coefficient (Wildman–Crippen LogP) is 3.36. The number of nitrogens with two attached hydrogens (primary N) is 1. The maximum atomic E-state index is 11.8. The summed E-state index contributed by atoms with van der Waals surface area (Å²) in [7, 11) is 0. The minimum atomic E-state index is -0.426. The molecular weight excluding hydrogens is 364 g/mol. The van der Waals surface area contributed by atoms with Gasteiger partial charge in [-0.2, -0.15) is 0 Å². The largest absolute Gasteiger partial charge is 0.368 e. The highest BCUT2D eigenvalue weighted by molar-refractivity contribution is 6.04. The molecule has 29 heavy (non-hydrogen) atoms. The number of anilines is 2. The Morgan fingerprint density at radius 3 is 2.93 bits per heavy atom. The zero-order valence-corrected chi connectivity index (χ0v) is 15.1. The number of carbonyl (C=O) groups is 1. The van der Waals surface area contributed by atoms with Gasteiger partial charge in [0.05, 0.1) is 11.6 Å². The molecule has 7 nitrogen and oxygen atoms in total. The summed E-state index contributed by atoms with van der Waals surface area (Å²) in [4.78, 5) is 24.3. The Hall–Kier alpha value is -4.53. The molecule has 3 aromatic rings. The number of rotatable bonds is 4. The Morgan fingerprint density at radius 2 is 2.14 bits per heavy atom. The molecule has 1 amide bonds. The summed E-state index contributed by atoms with van der Waals surface area (Å²) < 4.78 is 0. The molecule has 1 aromatic heterocycles. The first-order chi connectivity index (χ1) is 14.1. The summed E-state index contributed by atoms with van der Waals surface area (Å²) in [6.07, 6.45) is 6.21. The molecule has 0 bridgehead atoms. The van der Waals surface area contributed by atoms with Gasteiger partial charge in [-0.05, 0) is 53.1 Å². The predicted molar refractivity (Wildman–Crippen MR) is 114 cm³/mol. The van der Waals surface area contributed by atoms with Crippen molar-refractivity contribution in [1.82, 2.24) is 9.97 Å². The lowest BCUT2D eigenvalue weighted by molar-refractivity contribution is -0.111. The fourth-order valence-electron chi connectivity index (χ4n) is 3.00. The fourth-order valence-corrected chi connectivity index (χ4v) is 3.00. The molecule has 0 fully saturated rings. The van der Waals surface area contributed by atoms with Crippen molar-refractivity contribution in [3.8, 4) is 11.1 Å². The molecule has 0 saturated heterocycles. The second-order valence-electron chi connectivity index (χ2n) is 6.16. The van der Waals surface area contributed by atoms with Crippen LogP contribution in [0, 0.1) is 5.41 Å². The van der Waals surface area contributed by atoms with Crippen LogP contribution in [0.15, 0.2) is 71.7 Å². The molecule has 0 spiro atoms. The summed E-state index contributed by atoms with van der Waals surface area (Å²) in [6, 6.07) is 11.3. The van der Waals surface area contributed by atoms with E-state index in [1.165, 1.54) is 0 Å². The molecule has 1 aliphatic rings. The average molecular weight is 378 g/mol. The summed E-state index contributed by atoms with van der Waals surface area (Å²) in [5, 5.41) is 10.4. The van der Waals surface area contributed by atoms with Gasteiger partial charge in [0.25, 0.3) is 5.91 Å². The van der Waals surface area contributed by atoms with E-state index >= 15 is 0 Å². The molecular formula is C22H14N6O. The Bertz CT molecular complexity index is 1330. The van der Waals surface area contributed by atoms with Crippen molar-refractivity contribution in [1.29, 1.82) is 5.41 Å². The third kappa shape index (κ3) is 3.78. The monoisotopic (exact) mass is 378 g/mol. The van der Waals surface area contributed by atoms with Crippen LogP contribution in [-0.4, -0.2) is 27.6 Å². The second-order valence-corrected chi connectivity index (χ2v) is 6.16. The molecule has 7 heteroatoms. The molecule has 0 atom stereocenters. The van der Waals surface area contributed by atoms with Crippen LogP contribution in [0.5, 0.6) is 0 Å². The van der Waals surface area contributed by atoms with Crippen molar-refractivity contribution in [2.45, 2.75) is 0 Å². The van der Waals surface area contributed by atoms with Crippen LogP contribution in [0.2, 0.25) is 0 Å². The zero-order chi connectivity index (χ0) is 20.2. The van der Waals surface area contributed by atoms with Gasteiger partial charge < -0.3 is 11.1 Å². The number of benzene rings is 2. The number of fused-ring (bicyclic) bond motifs is 1. The van der Waals surface area contributed by atoms with Gasteiger partial charge in [0.15, 0.2) is 0 Å². The normalized spacial score (nSPS) is 11.8. The van der Waals surface area contributed by atoms with Gasteiger partial charge in [0.2, 0.25) is 5.95 Å². The highest BCUT2D eigenvalue weighted by Gasteiger charge is 2.12. The highest BCUT2D eigenvalue weighted by Crippen LogP contribution is 2.33. The maximum absolute atomic E-state index is 11.8. The van der Waals surface area contributed by atoms with Gasteiger partial charge in [-0.1, -0.05) is 12.1 Å². The fraction of sp³-hybridized carbons (Fsp3) is 0. The van der Waals surface area contributed by atoms with Crippen LogP contribution in [0.4, 0.5) is 11.6 Å². The number of nitrogens with zero attached hydrogens (tertiary/aromatic N) is 3. The molecule has 2 heterocycles. The van der Waals surface area contributed by atoms with Gasteiger partial charge in [-0.25, -0.2) is 15.0 Å². The van der Waals surface area contributed by atoms with Gasteiger partial charge in [0.1, 0.15) is 0 Å². The van der Waals surface area contributed by atoms with Crippen LogP contribution in [0.1, 0.15) is 5.56 Å². The van der Waals surface area contributed by atoms with E-state index in [2.05, 4.69) is 31.9 Å². The Morgan fingerprint density at radius 1 is 1.24 bits per heavy atom. The number of nitrogens with one attached hydrogen (secondary N) is 2. The molecule has 1 aliphatic heterocycles. The minimum absolute atomic E-state index is 0.177. The van der Waals surface area contributed by atoms with Crippen LogP contribution in [-0.2, 0) is 4.79 Å². The molecule has 2 aromatic carbocycles. The van der Waals surface area contributed by atoms with Gasteiger partial charge >= 0.3 is 0 Å². The first-order valence-corrected chi connectivity index (χ1v) is 8.61. The molecule has 0 unspecified atom stereocenters. The standard InChI is InChI=1S/C22H14N6O/c23-7-6-20(29)27-18-5-1-3-14(10-18)19-11-16(15-4-2-8-25-12-15)9-17-13-26-22(24)28-21(17)19/h1,3-6,9-13,23H,(H,27,29)(H2,24,26,28). The average Bonchev–Trinajstić information content (AvgIpc) is 2.74. The lowest BCUT2D eigenvalue weighted by atomic mass is 9.96. The number of aliphatic imine (C=N–C) groups is 1. The minimum Gasteiger partial charge on any atom is -0.368 e. The first kappa shape index (κ1) is 17.9. The van der Waals surface area contributed by atoms with Crippen molar-refractivity contribution in [3.63, 3.8) is 0 Å². The number of hydrogen-bond acceptors (Lipinski definition) is 6. The van der Waals surface area contributed by atoms with Crippen molar-refractivity contribution in [2.24, 2.45) is 4.99 Å². The van der Waals surface area contributed by atoms with Crippen LogP contribution in [0.25, 0.3) is 27.6 Å². The number of hydrogen-bond donors (Lipinski definition) is 3. The van der Waals surface area contributed by atoms with Crippen LogP contribution >= 0.6 is 0 Å². The van der Waals surface area contributed by atoms with Crippen molar-refractivity contribution in [3.05, 3.63) is 72.2 Å². The van der Waals surface area contributed by atoms with Gasteiger partial charge in [0, 0.05) is 40.5 Å². The van der Waals surface area contributed by atoms with Crippen molar-refractivity contribution < 1.29 is 4.79 Å². The van der Waals surface area contributed by atoms with Crippen LogP contribution in [0.3, 0.4) is 0 Å². The number of allylic oxidation sites excluding steroid dienone is 2. The Balaban J connectivity index is 1.88. The SMILES string of the molecule is N=C=CC(=O)Nc1cccc(-c2cc(C3=CN=C=C=C3)cc3cnc(N)nc23)c1. The van der Waals surface area contributed by atoms with E-state index in [1.807, 2.05) is 36.2 Å². The lowest BCUT2D eigenvalue weighted by Gasteiger charge is -2.12. The van der Waals surface area contributed by atoms with Crippen molar-refractivity contribution >= 4 is 45.8 Å². The smallest absolute Gasteiger partial charge is 0.257 e. The first-order valence-electron chi connectivity index (χ1n) is 8.61.